The van der Waals surface area contributed by atoms with Crippen molar-refractivity contribution < 1.29 is 0 Å². The summed E-state index contributed by atoms with van der Waals surface area (Å²) in [5, 5.41) is 0. The predicted octanol–water partition coefficient (Wildman–Crippen LogP) is 5.40. The highest BCUT2D eigenvalue weighted by Gasteiger charge is 2.42. The van der Waals surface area contributed by atoms with E-state index in [4.69, 9.17) is 0 Å². The number of hydrogen-bond acceptors (Lipinski definition) is 1. The minimum Gasteiger partial charge on any atom is -0.285 e. The van der Waals surface area contributed by atoms with E-state index in [-0.39, 0.29) is 5.54 Å². The fourth-order valence-corrected chi connectivity index (χ4v) is 4.45. The molecule has 1 aliphatic rings. The van der Waals surface area contributed by atoms with Gasteiger partial charge in [0.05, 0.1) is 5.54 Å². The smallest absolute Gasteiger partial charge is 0.0718 e. The summed E-state index contributed by atoms with van der Waals surface area (Å²) < 4.78 is 0. The van der Waals surface area contributed by atoms with Gasteiger partial charge in [-0.2, -0.15) is 0 Å². The normalized spacial score (nSPS) is 20.2. The Labute approximate surface area is 150 Å². The Morgan fingerprint density at radius 3 is 2.16 bits per heavy atom. The standard InChI is InChI=1S/C24H25N/c1-2-24(22-14-7-4-8-15-22)23-16-10-9-13-21(23)17-18-25(24)19-20-11-5-3-6-12-20/h3-16H,2,17-19H2,1H3. The molecule has 0 bridgehead atoms. The molecule has 0 spiro atoms. The Morgan fingerprint density at radius 1 is 0.800 bits per heavy atom. The van der Waals surface area contributed by atoms with Gasteiger partial charge < -0.3 is 0 Å². The Hall–Kier alpha value is -2.38. The number of rotatable bonds is 4. The summed E-state index contributed by atoms with van der Waals surface area (Å²) in [7, 11) is 0. The fourth-order valence-electron chi connectivity index (χ4n) is 4.45. The lowest BCUT2D eigenvalue weighted by molar-refractivity contribution is 0.0964. The maximum atomic E-state index is 2.68. The van der Waals surface area contributed by atoms with E-state index in [0.717, 1.165) is 25.9 Å². The summed E-state index contributed by atoms with van der Waals surface area (Å²) in [6.45, 7) is 4.40. The highest BCUT2D eigenvalue weighted by molar-refractivity contribution is 5.45. The largest absolute Gasteiger partial charge is 0.285 e. The molecule has 1 aliphatic heterocycles. The lowest BCUT2D eigenvalue weighted by Crippen LogP contribution is -2.50. The van der Waals surface area contributed by atoms with Crippen LogP contribution in [-0.4, -0.2) is 11.4 Å². The predicted molar refractivity (Wildman–Crippen MR) is 105 cm³/mol. The minimum atomic E-state index is -0.0497. The second-order valence-corrected chi connectivity index (χ2v) is 6.89. The van der Waals surface area contributed by atoms with Gasteiger partial charge in [-0.1, -0.05) is 91.9 Å². The van der Waals surface area contributed by atoms with Gasteiger partial charge >= 0.3 is 0 Å². The molecule has 1 heteroatoms. The third-order valence-corrected chi connectivity index (χ3v) is 5.63. The highest BCUT2D eigenvalue weighted by Crippen LogP contribution is 2.44. The highest BCUT2D eigenvalue weighted by atomic mass is 15.2. The molecule has 4 rings (SSSR count). The van der Waals surface area contributed by atoms with E-state index < -0.39 is 0 Å². The van der Waals surface area contributed by atoms with Crippen LogP contribution in [-0.2, 0) is 18.5 Å². The molecule has 0 amide bonds. The van der Waals surface area contributed by atoms with Crippen LogP contribution >= 0.6 is 0 Å². The maximum absolute atomic E-state index is 2.68. The van der Waals surface area contributed by atoms with Crippen LogP contribution < -0.4 is 0 Å². The Balaban J connectivity index is 1.86. The van der Waals surface area contributed by atoms with Gasteiger partial charge in [0.2, 0.25) is 0 Å². The van der Waals surface area contributed by atoms with Crippen LogP contribution in [0.2, 0.25) is 0 Å². The fraction of sp³-hybridized carbons (Fsp3) is 0.250. The van der Waals surface area contributed by atoms with E-state index in [0.29, 0.717) is 0 Å². The number of fused-ring (bicyclic) bond motifs is 1. The van der Waals surface area contributed by atoms with Crippen LogP contribution in [0.1, 0.15) is 35.6 Å². The summed E-state index contributed by atoms with van der Waals surface area (Å²) in [5.41, 5.74) is 5.71. The van der Waals surface area contributed by atoms with Crippen LogP contribution in [0.15, 0.2) is 84.9 Å². The molecule has 0 saturated heterocycles. The van der Waals surface area contributed by atoms with Gasteiger partial charge in [-0.25, -0.2) is 0 Å². The van der Waals surface area contributed by atoms with E-state index in [1.165, 1.54) is 22.3 Å². The van der Waals surface area contributed by atoms with Gasteiger partial charge in [0.1, 0.15) is 0 Å². The molecule has 0 aliphatic carbocycles. The van der Waals surface area contributed by atoms with Crippen molar-refractivity contribution in [3.8, 4) is 0 Å². The van der Waals surface area contributed by atoms with E-state index in [1.54, 1.807) is 0 Å². The summed E-state index contributed by atoms with van der Waals surface area (Å²) in [4.78, 5) is 2.68. The van der Waals surface area contributed by atoms with E-state index in [9.17, 15) is 0 Å². The summed E-state index contributed by atoms with van der Waals surface area (Å²) in [6, 6.07) is 30.9. The SMILES string of the molecule is CCC1(c2ccccc2)c2ccccc2CCN1Cc1ccccc1. The van der Waals surface area contributed by atoms with Crippen LogP contribution in [0.25, 0.3) is 0 Å². The van der Waals surface area contributed by atoms with Crippen molar-refractivity contribution >= 4 is 0 Å². The topological polar surface area (TPSA) is 3.24 Å². The molecular weight excluding hydrogens is 302 g/mol. The number of benzene rings is 3. The second-order valence-electron chi connectivity index (χ2n) is 6.89. The lowest BCUT2D eigenvalue weighted by Gasteiger charge is -2.49. The molecule has 25 heavy (non-hydrogen) atoms. The minimum absolute atomic E-state index is 0.0497. The van der Waals surface area contributed by atoms with Crippen molar-refractivity contribution in [1.29, 1.82) is 0 Å². The van der Waals surface area contributed by atoms with Crippen molar-refractivity contribution in [3.05, 3.63) is 107 Å². The first-order valence-electron chi connectivity index (χ1n) is 9.27. The average molecular weight is 327 g/mol. The number of nitrogens with zero attached hydrogens (tertiary/aromatic N) is 1. The molecule has 126 valence electrons. The van der Waals surface area contributed by atoms with Gasteiger partial charge in [-0.15, -0.1) is 0 Å². The maximum Gasteiger partial charge on any atom is 0.0718 e. The first kappa shape index (κ1) is 16.1. The molecule has 1 heterocycles. The van der Waals surface area contributed by atoms with E-state index >= 15 is 0 Å². The van der Waals surface area contributed by atoms with Gasteiger partial charge in [-0.05, 0) is 35.1 Å². The van der Waals surface area contributed by atoms with Crippen molar-refractivity contribution in [1.82, 2.24) is 4.90 Å². The zero-order valence-corrected chi connectivity index (χ0v) is 14.9. The zero-order chi connectivity index (χ0) is 17.1. The molecule has 1 unspecified atom stereocenters. The Morgan fingerprint density at radius 2 is 1.44 bits per heavy atom. The number of hydrogen-bond donors (Lipinski definition) is 0. The van der Waals surface area contributed by atoms with Gasteiger partial charge in [0.25, 0.3) is 0 Å². The molecule has 0 saturated carbocycles. The van der Waals surface area contributed by atoms with Crippen LogP contribution in [0.5, 0.6) is 0 Å². The first-order chi connectivity index (χ1) is 12.3. The molecule has 0 N–H and O–H groups in total. The van der Waals surface area contributed by atoms with Crippen molar-refractivity contribution in [2.75, 3.05) is 6.54 Å². The van der Waals surface area contributed by atoms with Gasteiger partial charge in [0, 0.05) is 13.1 Å². The Kier molecular flexibility index (Phi) is 4.42. The molecule has 1 atom stereocenters. The second kappa shape index (κ2) is 6.85. The Bertz CT molecular complexity index is 825. The van der Waals surface area contributed by atoms with Crippen LogP contribution in [0, 0.1) is 0 Å². The third kappa shape index (κ3) is 2.79. The first-order valence-corrected chi connectivity index (χ1v) is 9.27. The van der Waals surface area contributed by atoms with Crippen LogP contribution in [0.4, 0.5) is 0 Å². The quantitative estimate of drug-likeness (QED) is 0.620. The van der Waals surface area contributed by atoms with E-state index in [2.05, 4.69) is 96.8 Å². The molecule has 0 radical (unpaired) electrons. The summed E-state index contributed by atoms with van der Waals surface area (Å²) >= 11 is 0. The summed E-state index contributed by atoms with van der Waals surface area (Å²) in [6.07, 6.45) is 2.19. The van der Waals surface area contributed by atoms with Crippen molar-refractivity contribution in [3.63, 3.8) is 0 Å². The van der Waals surface area contributed by atoms with Crippen LogP contribution in [0.3, 0.4) is 0 Å². The molecular formula is C24H25N. The molecule has 3 aromatic rings. The monoisotopic (exact) mass is 327 g/mol. The average Bonchev–Trinajstić information content (AvgIpc) is 2.69. The van der Waals surface area contributed by atoms with Crippen molar-refractivity contribution in [2.24, 2.45) is 0 Å². The van der Waals surface area contributed by atoms with Gasteiger partial charge in [0.15, 0.2) is 0 Å². The molecule has 3 aromatic carbocycles. The molecule has 0 aromatic heterocycles. The summed E-state index contributed by atoms with van der Waals surface area (Å²) in [5.74, 6) is 0. The molecule has 1 nitrogen and oxygen atoms in total. The van der Waals surface area contributed by atoms with Crippen molar-refractivity contribution in [2.45, 2.75) is 31.8 Å². The van der Waals surface area contributed by atoms with E-state index in [1.807, 2.05) is 0 Å². The van der Waals surface area contributed by atoms with Gasteiger partial charge in [-0.3, -0.25) is 4.90 Å². The lowest BCUT2D eigenvalue weighted by atomic mass is 9.74. The zero-order valence-electron chi connectivity index (χ0n) is 14.9. The molecule has 0 fully saturated rings. The third-order valence-electron chi connectivity index (χ3n) is 5.63.